The fourth-order valence-corrected chi connectivity index (χ4v) is 3.33. The first-order valence-corrected chi connectivity index (χ1v) is 8.60. The number of hydrogen-bond acceptors (Lipinski definition) is 4. The van der Waals surface area contributed by atoms with E-state index in [4.69, 9.17) is 0 Å². The summed E-state index contributed by atoms with van der Waals surface area (Å²) in [7, 11) is 0. The van der Waals surface area contributed by atoms with Crippen molar-refractivity contribution < 1.29 is 8.78 Å². The molecule has 4 aromatic rings. The molecule has 138 valence electrons. The van der Waals surface area contributed by atoms with Gasteiger partial charge in [0.15, 0.2) is 22.9 Å². The van der Waals surface area contributed by atoms with Crippen LogP contribution in [0.4, 0.5) is 8.78 Å². The third-order valence-electron chi connectivity index (χ3n) is 4.71. The normalized spacial score (nSPS) is 13.2. The lowest BCUT2D eigenvalue weighted by Crippen LogP contribution is -2.13. The van der Waals surface area contributed by atoms with Crippen molar-refractivity contribution in [1.29, 1.82) is 0 Å². The molecule has 0 saturated carbocycles. The Morgan fingerprint density at radius 3 is 2.79 bits per heavy atom. The number of rotatable bonds is 3. The van der Waals surface area contributed by atoms with Crippen LogP contribution >= 0.6 is 0 Å². The number of H-pyrrole nitrogens is 1. The lowest BCUT2D eigenvalue weighted by molar-refractivity contribution is 0.515. The molecular weight excluding hydrogens is 364 g/mol. The van der Waals surface area contributed by atoms with Gasteiger partial charge in [-0.3, -0.25) is 4.79 Å². The molecule has 8 heteroatoms. The molecule has 0 aliphatic heterocycles. The number of nitrogens with one attached hydrogen (secondary N) is 1. The second-order valence-electron chi connectivity index (χ2n) is 6.60. The Bertz CT molecular complexity index is 1400. The molecule has 0 bridgehead atoms. The van der Waals surface area contributed by atoms with Crippen molar-refractivity contribution >= 4 is 27.8 Å². The van der Waals surface area contributed by atoms with E-state index in [1.807, 2.05) is 29.7 Å². The quantitative estimate of drug-likeness (QED) is 0.595. The third kappa shape index (κ3) is 2.45. The van der Waals surface area contributed by atoms with Crippen LogP contribution in [0.1, 0.15) is 17.1 Å². The first-order valence-electron chi connectivity index (χ1n) is 8.60. The number of pyridine rings is 1. The predicted molar refractivity (Wildman–Crippen MR) is 101 cm³/mol. The van der Waals surface area contributed by atoms with E-state index >= 15 is 0 Å². The van der Waals surface area contributed by atoms with Gasteiger partial charge in [-0.1, -0.05) is 18.2 Å². The Morgan fingerprint density at radius 2 is 2.04 bits per heavy atom. The zero-order valence-corrected chi connectivity index (χ0v) is 14.7. The highest BCUT2D eigenvalue weighted by molar-refractivity contribution is 5.84. The van der Waals surface area contributed by atoms with Crippen LogP contribution in [-0.2, 0) is 6.54 Å². The number of aromatic amines is 1. The van der Waals surface area contributed by atoms with E-state index in [-0.39, 0.29) is 12.1 Å². The maximum atomic E-state index is 14.2. The van der Waals surface area contributed by atoms with E-state index in [0.29, 0.717) is 28.1 Å². The van der Waals surface area contributed by atoms with Crippen molar-refractivity contribution in [3.05, 3.63) is 81.7 Å². The summed E-state index contributed by atoms with van der Waals surface area (Å²) in [5.74, 6) is -1.44. The number of benzene rings is 1. The largest absolute Gasteiger partial charge is 0.319 e. The van der Waals surface area contributed by atoms with Crippen molar-refractivity contribution in [2.75, 3.05) is 0 Å². The Hall–Kier alpha value is -3.68. The van der Waals surface area contributed by atoms with E-state index in [9.17, 15) is 13.6 Å². The highest BCUT2D eigenvalue weighted by atomic mass is 19.2. The number of nitrogens with zero attached hydrogens (tertiary/aromatic N) is 4. The van der Waals surface area contributed by atoms with Gasteiger partial charge in [-0.25, -0.2) is 23.7 Å². The molecule has 0 amide bonds. The van der Waals surface area contributed by atoms with Crippen molar-refractivity contribution in [2.45, 2.75) is 13.5 Å². The predicted octanol–water partition coefficient (Wildman–Crippen LogP) is 3.26. The number of imidazole rings is 1. The summed E-state index contributed by atoms with van der Waals surface area (Å²) >= 11 is 0. The van der Waals surface area contributed by atoms with Crippen LogP contribution in [0, 0.1) is 18.6 Å². The van der Waals surface area contributed by atoms with Crippen molar-refractivity contribution in [3.8, 4) is 0 Å². The Balaban J connectivity index is 1.76. The molecule has 0 fully saturated rings. The molecule has 1 aliphatic carbocycles. The van der Waals surface area contributed by atoms with Gasteiger partial charge in [0.2, 0.25) is 5.56 Å². The van der Waals surface area contributed by atoms with Crippen molar-refractivity contribution in [1.82, 2.24) is 24.5 Å². The van der Waals surface area contributed by atoms with Gasteiger partial charge in [-0.15, -0.1) is 0 Å². The molecule has 1 N–H and O–H groups in total. The van der Waals surface area contributed by atoms with Gasteiger partial charge in [-0.05, 0) is 24.6 Å². The van der Waals surface area contributed by atoms with Crippen LogP contribution in [0.5, 0.6) is 0 Å². The highest BCUT2D eigenvalue weighted by Crippen LogP contribution is 2.27. The molecule has 1 aliphatic rings. The summed E-state index contributed by atoms with van der Waals surface area (Å²) in [6.45, 7) is 2.04. The van der Waals surface area contributed by atoms with E-state index in [0.717, 1.165) is 17.3 Å². The molecule has 0 saturated heterocycles. The molecule has 3 heterocycles. The van der Waals surface area contributed by atoms with Crippen LogP contribution in [0.15, 0.2) is 47.4 Å². The molecule has 0 unspecified atom stereocenters. The Kier molecular flexibility index (Phi) is 3.48. The minimum atomic E-state index is -1.08. The maximum absolute atomic E-state index is 14.2. The van der Waals surface area contributed by atoms with Gasteiger partial charge < -0.3 is 9.55 Å². The van der Waals surface area contributed by atoms with Gasteiger partial charge in [0.25, 0.3) is 0 Å². The molecule has 28 heavy (non-hydrogen) atoms. The van der Waals surface area contributed by atoms with E-state index in [2.05, 4.69) is 19.9 Å². The Labute approximate surface area is 156 Å². The zero-order valence-electron chi connectivity index (χ0n) is 14.7. The van der Waals surface area contributed by atoms with E-state index in [1.54, 1.807) is 6.20 Å². The highest BCUT2D eigenvalue weighted by Gasteiger charge is 2.19. The second kappa shape index (κ2) is 5.91. The zero-order chi connectivity index (χ0) is 19.4. The van der Waals surface area contributed by atoms with E-state index < -0.39 is 17.2 Å². The lowest BCUT2D eigenvalue weighted by atomic mass is 10.1. The number of aryl methyl sites for hydroxylation is 1. The monoisotopic (exact) mass is 377 g/mol. The molecule has 1 aromatic carbocycles. The second-order valence-corrected chi connectivity index (χ2v) is 6.60. The summed E-state index contributed by atoms with van der Waals surface area (Å²) < 4.78 is 29.7. The summed E-state index contributed by atoms with van der Waals surface area (Å²) in [6.07, 6.45) is 7.35. The minimum Gasteiger partial charge on any atom is -0.319 e. The number of aromatic nitrogens is 5. The number of allylic oxidation sites excluding steroid dienone is 4. The topological polar surface area (TPSA) is 76.5 Å². The van der Waals surface area contributed by atoms with Crippen LogP contribution in [0.3, 0.4) is 0 Å². The smallest absolute Gasteiger partial charge is 0.248 e. The minimum absolute atomic E-state index is 0.154. The van der Waals surface area contributed by atoms with Crippen LogP contribution in [0.25, 0.3) is 27.8 Å². The molecule has 6 nitrogen and oxygen atoms in total. The average molecular weight is 377 g/mol. The molecule has 5 rings (SSSR count). The first-order chi connectivity index (χ1) is 13.5. The van der Waals surface area contributed by atoms with Crippen molar-refractivity contribution in [2.24, 2.45) is 0 Å². The molecule has 0 radical (unpaired) electrons. The fourth-order valence-electron chi connectivity index (χ4n) is 3.33. The Morgan fingerprint density at radius 1 is 1.21 bits per heavy atom. The number of hydrogen-bond donors (Lipinski definition) is 1. The van der Waals surface area contributed by atoms with Gasteiger partial charge in [0.1, 0.15) is 5.82 Å². The summed E-state index contributed by atoms with van der Waals surface area (Å²) in [5.41, 5.74) is 2.54. The van der Waals surface area contributed by atoms with Crippen LogP contribution in [-0.4, -0.2) is 24.5 Å². The summed E-state index contributed by atoms with van der Waals surface area (Å²) in [4.78, 5) is 27.9. The van der Waals surface area contributed by atoms with Crippen LogP contribution < -0.4 is 5.56 Å². The average Bonchev–Trinajstić information content (AvgIpc) is 2.94. The lowest BCUT2D eigenvalue weighted by Gasteiger charge is -2.13. The SMILES string of the molecule is Cc1cnc2nc(C3=CC=C3)n(Cc3cc(=O)[nH]c4c(F)c(F)ccc34)c2n1. The number of fused-ring (bicyclic) bond motifs is 2. The maximum Gasteiger partial charge on any atom is 0.248 e. The molecule has 0 spiro atoms. The van der Waals surface area contributed by atoms with Crippen LogP contribution in [0.2, 0.25) is 0 Å². The standard InChI is InChI=1S/C20H13F2N5O/c1-10-8-23-18-20(24-10)27(19(26-18)11-3-2-4-11)9-12-7-15(28)25-17-13(12)5-6-14(21)16(17)22/h2-8H,9H2,1H3,(H,25,28). The molecular formula is C20H13F2N5O. The van der Waals surface area contributed by atoms with E-state index in [1.165, 1.54) is 12.1 Å². The fraction of sp³-hybridized carbons (Fsp3) is 0.100. The summed E-state index contributed by atoms with van der Waals surface area (Å²) in [6, 6.07) is 3.88. The van der Waals surface area contributed by atoms with Gasteiger partial charge in [-0.2, -0.15) is 0 Å². The molecule has 0 atom stereocenters. The van der Waals surface area contributed by atoms with Gasteiger partial charge in [0.05, 0.1) is 24.0 Å². The molecule has 3 aromatic heterocycles. The van der Waals surface area contributed by atoms with Gasteiger partial charge >= 0.3 is 0 Å². The third-order valence-corrected chi connectivity index (χ3v) is 4.71. The summed E-state index contributed by atoms with van der Waals surface area (Å²) in [5, 5.41) is 0.421. The first kappa shape index (κ1) is 16.5. The van der Waals surface area contributed by atoms with Gasteiger partial charge in [0, 0.05) is 17.0 Å². The van der Waals surface area contributed by atoms with Crippen molar-refractivity contribution in [3.63, 3.8) is 0 Å². The number of halogens is 2.